The van der Waals surface area contributed by atoms with E-state index in [1.165, 1.54) is 19.2 Å². The van der Waals surface area contributed by atoms with Gasteiger partial charge in [0.25, 0.3) is 12.3 Å². The number of carbonyl (C=O) groups is 1. The molecule has 2 aromatic heterocycles. The summed E-state index contributed by atoms with van der Waals surface area (Å²) in [6.45, 7) is -1.05. The highest BCUT2D eigenvalue weighted by Gasteiger charge is 2.31. The van der Waals surface area contributed by atoms with Crippen molar-refractivity contribution in [3.05, 3.63) is 35.9 Å². The first kappa shape index (κ1) is 17.8. The molecule has 0 aliphatic heterocycles. The fourth-order valence-corrected chi connectivity index (χ4v) is 2.02. The molecule has 2 rings (SSSR count). The van der Waals surface area contributed by atoms with E-state index in [9.17, 15) is 26.7 Å². The number of nitrogens with zero attached hydrogens (tertiary/aromatic N) is 5. The lowest BCUT2D eigenvalue weighted by atomic mass is 10.2. The van der Waals surface area contributed by atoms with Crippen LogP contribution in [0, 0.1) is 6.92 Å². The quantitative estimate of drug-likeness (QED) is 0.778. The first-order valence-corrected chi connectivity index (χ1v) is 6.65. The zero-order valence-electron chi connectivity index (χ0n) is 12.3. The third-order valence-corrected chi connectivity index (χ3v) is 3.11. The number of halogens is 5. The Labute approximate surface area is 132 Å². The lowest BCUT2D eigenvalue weighted by Crippen LogP contribution is -2.35. The zero-order valence-corrected chi connectivity index (χ0v) is 12.3. The fourth-order valence-electron chi connectivity index (χ4n) is 2.02. The summed E-state index contributed by atoms with van der Waals surface area (Å²) in [6, 6.07) is 1.29. The van der Waals surface area contributed by atoms with Crippen LogP contribution in [0.25, 0.3) is 0 Å². The number of aromatic nitrogens is 4. The average Bonchev–Trinajstić information content (AvgIpc) is 2.84. The highest BCUT2D eigenvalue weighted by molar-refractivity contribution is 6.06. The van der Waals surface area contributed by atoms with E-state index in [0.29, 0.717) is 4.68 Å². The fraction of sp³-hybridized carbons (Fsp3) is 0.385. The highest BCUT2D eigenvalue weighted by atomic mass is 19.4. The molecule has 0 aliphatic carbocycles. The summed E-state index contributed by atoms with van der Waals surface area (Å²) in [5.41, 5.74) is -0.214. The average molecular weight is 349 g/mol. The van der Waals surface area contributed by atoms with Crippen LogP contribution in [-0.2, 0) is 6.54 Å². The van der Waals surface area contributed by atoms with Crippen molar-refractivity contribution in [2.24, 2.45) is 0 Å². The molecule has 1 amide bonds. The van der Waals surface area contributed by atoms with E-state index in [2.05, 4.69) is 15.3 Å². The first-order chi connectivity index (χ1) is 11.2. The van der Waals surface area contributed by atoms with E-state index in [0.717, 1.165) is 17.3 Å². The molecule has 0 aliphatic rings. The van der Waals surface area contributed by atoms with Crippen molar-refractivity contribution in [2.45, 2.75) is 26.1 Å². The van der Waals surface area contributed by atoms with E-state index in [-0.39, 0.29) is 16.9 Å². The zero-order chi connectivity index (χ0) is 17.9. The molecule has 130 valence electrons. The van der Waals surface area contributed by atoms with E-state index < -0.39 is 31.6 Å². The van der Waals surface area contributed by atoms with Crippen LogP contribution in [0.15, 0.2) is 24.7 Å². The summed E-state index contributed by atoms with van der Waals surface area (Å²) < 4.78 is 63.5. The molecule has 0 bridgehead atoms. The van der Waals surface area contributed by atoms with Crippen molar-refractivity contribution in [1.82, 2.24) is 20.0 Å². The number of carbonyl (C=O) groups excluding carboxylic acids is 1. The highest BCUT2D eigenvalue weighted by Crippen LogP contribution is 2.22. The Kier molecular flexibility index (Phi) is 5.10. The van der Waals surface area contributed by atoms with E-state index in [4.69, 9.17) is 0 Å². The summed E-state index contributed by atoms with van der Waals surface area (Å²) in [5.74, 6) is -0.894. The monoisotopic (exact) mass is 349 g/mol. The van der Waals surface area contributed by atoms with E-state index >= 15 is 0 Å². The number of hydrogen-bond donors (Lipinski definition) is 0. The molecule has 0 unspecified atom stereocenters. The van der Waals surface area contributed by atoms with Crippen LogP contribution in [0.1, 0.15) is 16.1 Å². The normalized spacial score (nSPS) is 11.8. The number of rotatable bonds is 5. The Balaban J connectivity index is 2.33. The molecular weight excluding hydrogens is 337 g/mol. The van der Waals surface area contributed by atoms with Gasteiger partial charge in [-0.3, -0.25) is 9.48 Å². The Morgan fingerprint density at radius 1 is 1.29 bits per heavy atom. The minimum absolute atomic E-state index is 0.0540. The molecular formula is C13H12F5N5O. The second kappa shape index (κ2) is 6.89. The van der Waals surface area contributed by atoms with Crippen molar-refractivity contribution in [3.63, 3.8) is 0 Å². The van der Waals surface area contributed by atoms with Crippen LogP contribution in [-0.4, -0.2) is 45.0 Å². The third kappa shape index (κ3) is 4.24. The summed E-state index contributed by atoms with van der Waals surface area (Å²) in [6.07, 6.45) is -4.12. The Morgan fingerprint density at radius 2 is 2.00 bits per heavy atom. The molecule has 2 heterocycles. The number of amides is 1. The van der Waals surface area contributed by atoms with E-state index in [1.54, 1.807) is 0 Å². The molecule has 24 heavy (non-hydrogen) atoms. The molecule has 0 N–H and O–H groups in total. The smallest absolute Gasteiger partial charge is 0.301 e. The summed E-state index contributed by atoms with van der Waals surface area (Å²) >= 11 is 0. The van der Waals surface area contributed by atoms with Gasteiger partial charge >= 0.3 is 6.18 Å². The van der Waals surface area contributed by atoms with Crippen molar-refractivity contribution in [1.29, 1.82) is 0 Å². The number of hydrogen-bond acceptors (Lipinski definition) is 4. The molecule has 0 fully saturated rings. The minimum atomic E-state index is -4.52. The van der Waals surface area contributed by atoms with Crippen LogP contribution in [0.5, 0.6) is 0 Å². The largest absolute Gasteiger partial charge is 0.408 e. The molecule has 0 aromatic carbocycles. The number of alkyl halides is 5. The maximum atomic E-state index is 12.8. The molecule has 11 heteroatoms. The lowest BCUT2D eigenvalue weighted by Gasteiger charge is -2.21. The van der Waals surface area contributed by atoms with Crippen molar-refractivity contribution in [3.8, 4) is 0 Å². The SMILES string of the molecule is Cc1c(C(=O)N(CC(F)F)c2ccnnc2)cnn1CC(F)(F)F. The van der Waals surface area contributed by atoms with Gasteiger partial charge in [0.1, 0.15) is 6.54 Å². The van der Waals surface area contributed by atoms with Gasteiger partial charge < -0.3 is 4.90 Å². The Bertz CT molecular complexity index is 701. The second-order valence-electron chi connectivity index (χ2n) is 4.82. The second-order valence-corrected chi connectivity index (χ2v) is 4.82. The van der Waals surface area contributed by atoms with E-state index in [1.807, 2.05) is 0 Å². The van der Waals surface area contributed by atoms with Crippen LogP contribution in [0.3, 0.4) is 0 Å². The molecule has 0 radical (unpaired) electrons. The van der Waals surface area contributed by atoms with Gasteiger partial charge in [0.05, 0.1) is 36.4 Å². The molecule has 0 spiro atoms. The first-order valence-electron chi connectivity index (χ1n) is 6.65. The predicted molar refractivity (Wildman–Crippen MR) is 72.7 cm³/mol. The lowest BCUT2D eigenvalue weighted by molar-refractivity contribution is -0.142. The standard InChI is InChI=1S/C13H12F5N5O/c1-8-10(5-21-23(8)7-13(16,17)18)12(24)22(6-11(14)15)9-2-3-19-20-4-9/h2-5,11H,6-7H2,1H3. The van der Waals surface area contributed by atoms with Gasteiger partial charge in [0.2, 0.25) is 0 Å². The van der Waals surface area contributed by atoms with Crippen LogP contribution >= 0.6 is 0 Å². The summed E-state index contributed by atoms with van der Waals surface area (Å²) in [5, 5.41) is 10.5. The van der Waals surface area contributed by atoms with Gasteiger partial charge in [-0.25, -0.2) is 8.78 Å². The predicted octanol–water partition coefficient (Wildman–Crippen LogP) is 2.46. The van der Waals surface area contributed by atoms with Crippen LogP contribution < -0.4 is 4.90 Å². The Morgan fingerprint density at radius 3 is 2.54 bits per heavy atom. The molecule has 6 nitrogen and oxygen atoms in total. The Hall–Kier alpha value is -2.59. The van der Waals surface area contributed by atoms with Gasteiger partial charge in [0, 0.05) is 5.69 Å². The van der Waals surface area contributed by atoms with Crippen molar-refractivity contribution in [2.75, 3.05) is 11.4 Å². The third-order valence-electron chi connectivity index (χ3n) is 3.11. The molecule has 0 saturated heterocycles. The van der Waals surface area contributed by atoms with Crippen LogP contribution in [0.2, 0.25) is 0 Å². The maximum absolute atomic E-state index is 12.8. The molecule has 0 atom stereocenters. The van der Waals surface area contributed by atoms with Gasteiger partial charge in [-0.05, 0) is 13.0 Å². The molecule has 0 saturated carbocycles. The topological polar surface area (TPSA) is 63.9 Å². The molecule has 2 aromatic rings. The maximum Gasteiger partial charge on any atom is 0.408 e. The van der Waals surface area contributed by atoms with Gasteiger partial charge in [-0.2, -0.15) is 28.5 Å². The van der Waals surface area contributed by atoms with Crippen LogP contribution in [0.4, 0.5) is 27.6 Å². The van der Waals surface area contributed by atoms with Gasteiger partial charge in [-0.15, -0.1) is 0 Å². The minimum Gasteiger partial charge on any atom is -0.301 e. The van der Waals surface area contributed by atoms with Gasteiger partial charge in [-0.1, -0.05) is 0 Å². The number of anilines is 1. The summed E-state index contributed by atoms with van der Waals surface area (Å²) in [7, 11) is 0. The summed E-state index contributed by atoms with van der Waals surface area (Å²) in [4.78, 5) is 13.2. The van der Waals surface area contributed by atoms with Crippen molar-refractivity contribution < 1.29 is 26.7 Å². The van der Waals surface area contributed by atoms with Gasteiger partial charge in [0.15, 0.2) is 0 Å². The van der Waals surface area contributed by atoms with Crippen molar-refractivity contribution >= 4 is 11.6 Å².